The molecule has 2 aromatic rings. The summed E-state index contributed by atoms with van der Waals surface area (Å²) in [7, 11) is 0. The van der Waals surface area contributed by atoms with Crippen LogP contribution in [0.2, 0.25) is 0 Å². The lowest BCUT2D eigenvalue weighted by Crippen LogP contribution is -2.51. The lowest BCUT2D eigenvalue weighted by atomic mass is 10.0. The molecule has 2 fully saturated rings. The Morgan fingerprint density at radius 3 is 2.63 bits per heavy atom. The third kappa shape index (κ3) is 4.94. The number of amides is 4. The predicted octanol–water partition coefficient (Wildman–Crippen LogP) is 3.09. The van der Waals surface area contributed by atoms with Gasteiger partial charge in [0, 0.05) is 49.2 Å². The van der Waals surface area contributed by atoms with E-state index in [1.165, 1.54) is 0 Å². The van der Waals surface area contributed by atoms with Gasteiger partial charge in [0.25, 0.3) is 11.8 Å². The first-order valence-corrected chi connectivity index (χ1v) is 13.3. The highest BCUT2D eigenvalue weighted by molar-refractivity contribution is 6.25. The second-order valence-electron chi connectivity index (χ2n) is 10.7. The molecule has 5 rings (SSSR count). The second kappa shape index (κ2) is 10.4. The number of hydrogen-bond acceptors (Lipinski definition) is 6. The number of piperidine rings is 2. The molecule has 1 aromatic carbocycles. The maximum Gasteiger partial charge on any atom is 0.264 e. The van der Waals surface area contributed by atoms with Gasteiger partial charge in [-0.1, -0.05) is 26.5 Å². The van der Waals surface area contributed by atoms with Crippen LogP contribution in [0.4, 0.5) is 5.69 Å². The largest absolute Gasteiger partial charge is 0.380 e. The summed E-state index contributed by atoms with van der Waals surface area (Å²) in [6.07, 6.45) is 6.98. The van der Waals surface area contributed by atoms with E-state index in [1.54, 1.807) is 24.4 Å². The topological polar surface area (TPSA) is 117 Å². The lowest BCUT2D eigenvalue weighted by Gasteiger charge is -2.32. The first-order chi connectivity index (χ1) is 18.2. The molecule has 1 atom stereocenters. The van der Waals surface area contributed by atoms with Crippen LogP contribution in [0.25, 0.3) is 0 Å². The van der Waals surface area contributed by atoms with Crippen molar-refractivity contribution in [3.63, 3.8) is 0 Å². The normalized spacial score (nSPS) is 20.2. The Labute approximate surface area is 222 Å². The molecule has 4 heterocycles. The summed E-state index contributed by atoms with van der Waals surface area (Å²) in [6.45, 7) is 9.78. The number of nitrogens with one attached hydrogen (secondary N) is 2. The molecular weight excluding hydrogens is 484 g/mol. The fraction of sp³-hybridized carbons (Fsp3) is 0.464. The molecule has 38 heavy (non-hydrogen) atoms. The molecule has 1 aromatic heterocycles. The van der Waals surface area contributed by atoms with Crippen LogP contribution < -0.4 is 10.6 Å². The molecule has 2 N–H and O–H groups in total. The van der Waals surface area contributed by atoms with Crippen molar-refractivity contribution in [2.24, 2.45) is 5.92 Å². The molecule has 1 unspecified atom stereocenters. The van der Waals surface area contributed by atoms with Crippen LogP contribution in [0.1, 0.15) is 78.3 Å². The van der Waals surface area contributed by atoms with E-state index >= 15 is 0 Å². The zero-order chi connectivity index (χ0) is 27.0. The first kappa shape index (κ1) is 25.7. The van der Waals surface area contributed by atoms with Gasteiger partial charge in [-0.3, -0.25) is 28.8 Å². The number of likely N-dealkylation sites (tertiary alicyclic amines) is 1. The van der Waals surface area contributed by atoms with E-state index < -0.39 is 17.9 Å². The van der Waals surface area contributed by atoms with Crippen LogP contribution in [0.5, 0.6) is 0 Å². The maximum atomic E-state index is 13.3. The van der Waals surface area contributed by atoms with Gasteiger partial charge in [-0.15, -0.1) is 0 Å². The third-order valence-electron chi connectivity index (χ3n) is 7.49. The van der Waals surface area contributed by atoms with Gasteiger partial charge in [0.15, 0.2) is 0 Å². The minimum absolute atomic E-state index is 0.223. The Kier molecular flexibility index (Phi) is 7.05. The number of fused-ring (bicyclic) bond motifs is 1. The molecular formula is C28H34N6O4. The monoisotopic (exact) mass is 518 g/mol. The molecule has 0 radical (unpaired) electrons. The average molecular weight is 519 g/mol. The van der Waals surface area contributed by atoms with Crippen molar-refractivity contribution in [2.75, 3.05) is 18.4 Å². The highest BCUT2D eigenvalue weighted by Gasteiger charge is 2.45. The van der Waals surface area contributed by atoms with Crippen molar-refractivity contribution in [2.45, 2.75) is 64.6 Å². The Balaban J connectivity index is 1.22. The Morgan fingerprint density at radius 1 is 1.16 bits per heavy atom. The number of hydrogen-bond donors (Lipinski definition) is 2. The van der Waals surface area contributed by atoms with Crippen molar-refractivity contribution in [3.05, 3.63) is 59.6 Å². The van der Waals surface area contributed by atoms with Gasteiger partial charge in [-0.05, 0) is 43.7 Å². The highest BCUT2D eigenvalue weighted by Crippen LogP contribution is 2.33. The standard InChI is InChI=1S/C28H34N6O4/c1-17(2)13-24(35)32-11-9-20(10-12-32)33-16-19(15-30-33)14-29-22-6-4-5-21-25(22)28(38)34(27(21)37)23-8-7-18(3)31-26(23)36/h4-6,15-17,20,23,29H,3,7-14H2,1-2H3,(H,31,36). The molecule has 0 spiro atoms. The molecule has 3 aliphatic rings. The van der Waals surface area contributed by atoms with Crippen molar-refractivity contribution in [3.8, 4) is 0 Å². The van der Waals surface area contributed by atoms with E-state index in [2.05, 4.69) is 36.2 Å². The van der Waals surface area contributed by atoms with E-state index in [4.69, 9.17) is 0 Å². The fourth-order valence-electron chi connectivity index (χ4n) is 5.47. The molecule has 4 amide bonds. The van der Waals surface area contributed by atoms with E-state index in [0.717, 1.165) is 36.4 Å². The number of carbonyl (C=O) groups excluding carboxylic acids is 4. The summed E-state index contributed by atoms with van der Waals surface area (Å²) in [5, 5.41) is 10.5. The van der Waals surface area contributed by atoms with Gasteiger partial charge in [0.05, 0.1) is 23.4 Å². The molecule has 3 aliphatic heterocycles. The number of aromatic nitrogens is 2. The third-order valence-corrected chi connectivity index (χ3v) is 7.49. The summed E-state index contributed by atoms with van der Waals surface area (Å²) in [4.78, 5) is 54.3. The number of nitrogens with zero attached hydrogens (tertiary/aromatic N) is 4. The van der Waals surface area contributed by atoms with E-state index in [0.29, 0.717) is 54.2 Å². The number of imide groups is 1. The van der Waals surface area contributed by atoms with Crippen molar-refractivity contribution in [1.82, 2.24) is 24.9 Å². The van der Waals surface area contributed by atoms with Crippen molar-refractivity contribution < 1.29 is 19.2 Å². The number of benzene rings is 1. The molecule has 0 saturated carbocycles. The van der Waals surface area contributed by atoms with Gasteiger partial charge in [-0.25, -0.2) is 0 Å². The maximum absolute atomic E-state index is 13.3. The highest BCUT2D eigenvalue weighted by atomic mass is 16.2. The molecule has 0 bridgehead atoms. The van der Waals surface area contributed by atoms with Crippen LogP contribution >= 0.6 is 0 Å². The summed E-state index contributed by atoms with van der Waals surface area (Å²) in [5.74, 6) is -0.716. The molecule has 2 saturated heterocycles. The number of anilines is 1. The van der Waals surface area contributed by atoms with E-state index in [-0.39, 0.29) is 17.9 Å². The fourth-order valence-corrected chi connectivity index (χ4v) is 5.47. The lowest BCUT2D eigenvalue weighted by molar-refractivity contribution is -0.133. The number of allylic oxidation sites excluding steroid dienone is 1. The van der Waals surface area contributed by atoms with Gasteiger partial charge in [0.1, 0.15) is 6.04 Å². The Morgan fingerprint density at radius 2 is 1.92 bits per heavy atom. The number of carbonyl (C=O) groups is 4. The first-order valence-electron chi connectivity index (χ1n) is 13.3. The summed E-state index contributed by atoms with van der Waals surface area (Å²) in [5.41, 5.74) is 2.68. The smallest absolute Gasteiger partial charge is 0.264 e. The molecule has 200 valence electrons. The van der Waals surface area contributed by atoms with Gasteiger partial charge in [0.2, 0.25) is 11.8 Å². The zero-order valence-electron chi connectivity index (χ0n) is 21.9. The number of rotatable bonds is 7. The van der Waals surface area contributed by atoms with Crippen molar-refractivity contribution >= 4 is 29.3 Å². The van der Waals surface area contributed by atoms with Crippen LogP contribution in [0.15, 0.2) is 42.9 Å². The minimum Gasteiger partial charge on any atom is -0.380 e. The SMILES string of the molecule is C=C1CCC(N2C(=O)c3cccc(NCc4cnn(C5CCN(C(=O)CC(C)C)CC5)c4)c3C2=O)C(=O)N1. The quantitative estimate of drug-likeness (QED) is 0.544. The predicted molar refractivity (Wildman–Crippen MR) is 141 cm³/mol. The van der Waals surface area contributed by atoms with Gasteiger partial charge in [-0.2, -0.15) is 5.10 Å². The van der Waals surface area contributed by atoms with E-state index in [9.17, 15) is 19.2 Å². The van der Waals surface area contributed by atoms with Crippen LogP contribution in [0.3, 0.4) is 0 Å². The zero-order valence-corrected chi connectivity index (χ0v) is 21.9. The van der Waals surface area contributed by atoms with E-state index in [1.807, 2.05) is 15.8 Å². The van der Waals surface area contributed by atoms with Gasteiger partial charge < -0.3 is 15.5 Å². The average Bonchev–Trinajstić information content (AvgIpc) is 3.46. The Hall–Kier alpha value is -3.95. The van der Waals surface area contributed by atoms with Crippen LogP contribution in [-0.4, -0.2) is 62.3 Å². The van der Waals surface area contributed by atoms with Crippen molar-refractivity contribution in [1.29, 1.82) is 0 Å². The molecule has 10 nitrogen and oxygen atoms in total. The molecule has 10 heteroatoms. The van der Waals surface area contributed by atoms with Crippen LogP contribution in [-0.2, 0) is 16.1 Å². The van der Waals surface area contributed by atoms with Gasteiger partial charge >= 0.3 is 0 Å². The minimum atomic E-state index is -0.842. The van der Waals surface area contributed by atoms with Crippen LogP contribution in [0, 0.1) is 5.92 Å². The Bertz CT molecular complexity index is 1290. The summed E-state index contributed by atoms with van der Waals surface area (Å²) >= 11 is 0. The molecule has 0 aliphatic carbocycles. The second-order valence-corrected chi connectivity index (χ2v) is 10.7. The summed E-state index contributed by atoms with van der Waals surface area (Å²) in [6, 6.07) is 4.52. The summed E-state index contributed by atoms with van der Waals surface area (Å²) < 4.78 is 1.96.